The summed E-state index contributed by atoms with van der Waals surface area (Å²) in [6.07, 6.45) is 5.26. The van der Waals surface area contributed by atoms with Crippen molar-refractivity contribution in [3.63, 3.8) is 0 Å². The highest BCUT2D eigenvalue weighted by Crippen LogP contribution is 2.11. The molecule has 0 atom stereocenters. The maximum Gasteiger partial charge on any atom is 0.257 e. The van der Waals surface area contributed by atoms with Gasteiger partial charge in [-0.2, -0.15) is 0 Å². The van der Waals surface area contributed by atoms with Crippen molar-refractivity contribution in [3.8, 4) is 5.75 Å². The Morgan fingerprint density at radius 3 is 2.93 bits per heavy atom. The quantitative estimate of drug-likeness (QED) is 0.764. The van der Waals surface area contributed by atoms with Gasteiger partial charge < -0.3 is 14.9 Å². The molecule has 0 saturated heterocycles. The van der Waals surface area contributed by atoms with Gasteiger partial charge in [-0.15, -0.1) is 0 Å². The van der Waals surface area contributed by atoms with E-state index >= 15 is 0 Å². The summed E-state index contributed by atoms with van der Waals surface area (Å²) >= 11 is 0. The first-order chi connectivity index (χ1) is 7.25. The fourth-order valence-electron chi connectivity index (χ4n) is 1.02. The van der Waals surface area contributed by atoms with Gasteiger partial charge in [0.15, 0.2) is 0 Å². The number of carbonyl (C=O) groups excluding carboxylic acids is 1. The summed E-state index contributed by atoms with van der Waals surface area (Å²) in [7, 11) is 0. The van der Waals surface area contributed by atoms with Crippen LogP contribution in [0, 0.1) is 0 Å². The number of amides is 1. The molecule has 0 saturated carbocycles. The van der Waals surface area contributed by atoms with Gasteiger partial charge in [0.05, 0.1) is 18.0 Å². The molecule has 1 amide bonds. The van der Waals surface area contributed by atoms with Crippen LogP contribution in [0.4, 0.5) is 5.69 Å². The molecule has 0 fully saturated rings. The lowest BCUT2D eigenvalue weighted by Crippen LogP contribution is -2.11. The van der Waals surface area contributed by atoms with E-state index in [1.807, 2.05) is 0 Å². The van der Waals surface area contributed by atoms with Crippen LogP contribution in [-0.2, 0) is 0 Å². The third kappa shape index (κ3) is 2.11. The Hall–Kier alpha value is -2.37. The number of hydrogen-bond donors (Lipinski definition) is 2. The van der Waals surface area contributed by atoms with Gasteiger partial charge in [-0.25, -0.2) is 0 Å². The first-order valence-corrected chi connectivity index (χ1v) is 4.10. The number of aromatic nitrogens is 2. The minimum atomic E-state index is -0.387. The summed E-state index contributed by atoms with van der Waals surface area (Å²) in [5.41, 5.74) is 0.708. The number of nitrogens with zero attached hydrogens (tertiary/aromatic N) is 2. The summed E-state index contributed by atoms with van der Waals surface area (Å²) in [6.45, 7) is 0. The molecule has 6 nitrogen and oxygen atoms in total. The van der Waals surface area contributed by atoms with Crippen LogP contribution in [-0.4, -0.2) is 21.2 Å². The fraction of sp³-hybridized carbons (Fsp3) is 0. The van der Waals surface area contributed by atoms with Crippen molar-refractivity contribution in [2.75, 3.05) is 5.32 Å². The SMILES string of the molecule is O=C(Nc1cnoc1)c1cncc(O)c1. The van der Waals surface area contributed by atoms with Crippen LogP contribution in [0.2, 0.25) is 0 Å². The van der Waals surface area contributed by atoms with Crippen molar-refractivity contribution < 1.29 is 14.4 Å². The lowest BCUT2D eigenvalue weighted by Gasteiger charge is -2.00. The molecule has 6 heteroatoms. The molecule has 15 heavy (non-hydrogen) atoms. The predicted molar refractivity (Wildman–Crippen MR) is 50.4 cm³/mol. The van der Waals surface area contributed by atoms with Gasteiger partial charge in [0.2, 0.25) is 0 Å². The van der Waals surface area contributed by atoms with E-state index < -0.39 is 0 Å². The van der Waals surface area contributed by atoms with Crippen LogP contribution >= 0.6 is 0 Å². The number of anilines is 1. The van der Waals surface area contributed by atoms with Crippen molar-refractivity contribution in [2.24, 2.45) is 0 Å². The minimum absolute atomic E-state index is 0.0621. The summed E-state index contributed by atoms with van der Waals surface area (Å²) in [5, 5.41) is 15.1. The highest BCUT2D eigenvalue weighted by atomic mass is 16.5. The number of aromatic hydroxyl groups is 1. The average molecular weight is 205 g/mol. The predicted octanol–water partition coefficient (Wildman–Crippen LogP) is 1.03. The highest BCUT2D eigenvalue weighted by molar-refractivity contribution is 6.04. The van der Waals surface area contributed by atoms with Crippen LogP contribution in [0.1, 0.15) is 10.4 Å². The second kappa shape index (κ2) is 3.79. The number of carbonyl (C=O) groups is 1. The first-order valence-electron chi connectivity index (χ1n) is 4.10. The van der Waals surface area contributed by atoms with Crippen molar-refractivity contribution >= 4 is 11.6 Å². The Balaban J connectivity index is 2.15. The molecule has 0 aliphatic rings. The summed E-state index contributed by atoms with van der Waals surface area (Å²) < 4.78 is 4.55. The van der Waals surface area contributed by atoms with E-state index in [-0.39, 0.29) is 17.2 Å². The molecule has 2 heterocycles. The van der Waals surface area contributed by atoms with Crippen LogP contribution in [0.3, 0.4) is 0 Å². The third-order valence-electron chi connectivity index (χ3n) is 1.68. The van der Waals surface area contributed by atoms with Gasteiger partial charge in [0.1, 0.15) is 17.7 Å². The van der Waals surface area contributed by atoms with Crippen molar-refractivity contribution in [2.45, 2.75) is 0 Å². The van der Waals surface area contributed by atoms with E-state index in [1.54, 1.807) is 0 Å². The summed E-state index contributed by atoms with van der Waals surface area (Å²) in [6, 6.07) is 1.32. The molecule has 2 N–H and O–H groups in total. The number of hydrogen-bond acceptors (Lipinski definition) is 5. The van der Waals surface area contributed by atoms with Gasteiger partial charge >= 0.3 is 0 Å². The second-order valence-electron chi connectivity index (χ2n) is 2.80. The minimum Gasteiger partial charge on any atom is -0.506 e. The normalized spacial score (nSPS) is 9.87. The molecule has 0 unspecified atom stereocenters. The van der Waals surface area contributed by atoms with Gasteiger partial charge in [0.25, 0.3) is 5.91 Å². The summed E-state index contributed by atoms with van der Waals surface area (Å²) in [4.78, 5) is 15.2. The zero-order valence-corrected chi connectivity index (χ0v) is 7.54. The Morgan fingerprint density at radius 2 is 2.27 bits per heavy atom. The Bertz CT molecular complexity index is 467. The Labute approximate surface area is 84.5 Å². The fourth-order valence-corrected chi connectivity index (χ4v) is 1.02. The topological polar surface area (TPSA) is 88.3 Å². The van der Waals surface area contributed by atoms with Gasteiger partial charge in [-0.05, 0) is 6.07 Å². The smallest absolute Gasteiger partial charge is 0.257 e. The maximum absolute atomic E-state index is 11.5. The van der Waals surface area contributed by atoms with E-state index in [0.29, 0.717) is 5.69 Å². The standard InChI is InChI=1S/C9H7N3O3/c13-8-1-6(2-10-4-8)9(14)12-7-3-11-15-5-7/h1-5,13H,(H,12,14). The molecule has 0 aromatic carbocycles. The zero-order valence-electron chi connectivity index (χ0n) is 7.54. The largest absolute Gasteiger partial charge is 0.506 e. The zero-order chi connectivity index (χ0) is 10.7. The monoisotopic (exact) mass is 205 g/mol. The van der Waals surface area contributed by atoms with Gasteiger partial charge in [0, 0.05) is 6.20 Å². The average Bonchev–Trinajstić information content (AvgIpc) is 2.70. The van der Waals surface area contributed by atoms with Gasteiger partial charge in [-0.3, -0.25) is 9.78 Å². The molecule has 0 bridgehead atoms. The molecule has 0 spiro atoms. The molecule has 2 aromatic heterocycles. The highest BCUT2D eigenvalue weighted by Gasteiger charge is 2.07. The third-order valence-corrected chi connectivity index (χ3v) is 1.68. The number of nitrogens with one attached hydrogen (secondary N) is 1. The lowest BCUT2D eigenvalue weighted by atomic mass is 10.2. The molecule has 0 aliphatic carbocycles. The molecular weight excluding hydrogens is 198 g/mol. The molecule has 0 radical (unpaired) electrons. The molecule has 2 aromatic rings. The van der Waals surface area contributed by atoms with Crippen LogP contribution in [0.25, 0.3) is 0 Å². The van der Waals surface area contributed by atoms with Crippen LogP contribution in [0.15, 0.2) is 35.4 Å². The van der Waals surface area contributed by atoms with Crippen molar-refractivity contribution in [3.05, 3.63) is 36.5 Å². The van der Waals surface area contributed by atoms with E-state index in [9.17, 15) is 4.79 Å². The molecule has 2 rings (SSSR count). The van der Waals surface area contributed by atoms with Crippen molar-refractivity contribution in [1.82, 2.24) is 10.1 Å². The molecule has 76 valence electrons. The Kier molecular flexibility index (Phi) is 2.32. The number of rotatable bonds is 2. The van der Waals surface area contributed by atoms with Crippen LogP contribution < -0.4 is 5.32 Å². The summed E-state index contributed by atoms with van der Waals surface area (Å²) in [5.74, 6) is -0.449. The van der Waals surface area contributed by atoms with E-state index in [2.05, 4.69) is 20.0 Å². The van der Waals surface area contributed by atoms with Crippen LogP contribution in [0.5, 0.6) is 5.75 Å². The maximum atomic E-state index is 11.5. The van der Waals surface area contributed by atoms with E-state index in [0.717, 1.165) is 0 Å². The lowest BCUT2D eigenvalue weighted by molar-refractivity contribution is 0.102. The van der Waals surface area contributed by atoms with E-state index in [1.165, 1.54) is 30.9 Å². The van der Waals surface area contributed by atoms with E-state index in [4.69, 9.17) is 5.11 Å². The first kappa shape index (κ1) is 9.20. The second-order valence-corrected chi connectivity index (χ2v) is 2.80. The van der Waals surface area contributed by atoms with Crippen molar-refractivity contribution in [1.29, 1.82) is 0 Å². The Morgan fingerprint density at radius 1 is 1.40 bits per heavy atom. The number of pyridine rings is 1. The molecular formula is C9H7N3O3. The van der Waals surface area contributed by atoms with Gasteiger partial charge in [-0.1, -0.05) is 5.16 Å². The molecule has 0 aliphatic heterocycles.